The van der Waals surface area contributed by atoms with Gasteiger partial charge in [-0.15, -0.1) is 0 Å². The molecule has 0 unspecified atom stereocenters. The van der Waals surface area contributed by atoms with Crippen LogP contribution in [-0.4, -0.2) is 17.6 Å². The lowest BCUT2D eigenvalue weighted by atomic mass is 10.3. The number of hydrogen-bond donors (Lipinski definition) is 2. The van der Waals surface area contributed by atoms with Gasteiger partial charge in [0.25, 0.3) is 0 Å². The van der Waals surface area contributed by atoms with Crippen LogP contribution in [0.2, 0.25) is 0 Å². The Kier molecular flexibility index (Phi) is 4.30. The average Bonchev–Trinajstić information content (AvgIpc) is 2.17. The molecule has 0 saturated carbocycles. The number of carboxylic acid groups (broad SMARTS) is 1. The topological polar surface area (TPSA) is 49.3 Å². The van der Waals surface area contributed by atoms with Gasteiger partial charge in [-0.3, -0.25) is 0 Å². The summed E-state index contributed by atoms with van der Waals surface area (Å²) in [5, 5.41) is 11.2. The Bertz CT molecular complexity index is 393. The van der Waals surface area contributed by atoms with Crippen LogP contribution < -0.4 is 5.32 Å². The highest BCUT2D eigenvalue weighted by atomic mass is 79.9. The first-order chi connectivity index (χ1) is 7.09. The Labute approximate surface area is 94.7 Å². The quantitative estimate of drug-likeness (QED) is 0.830. The zero-order chi connectivity index (χ0) is 11.3. The van der Waals surface area contributed by atoms with Crippen molar-refractivity contribution in [1.29, 1.82) is 0 Å². The summed E-state index contributed by atoms with van der Waals surface area (Å²) in [5.41, 5.74) is 0.588. The summed E-state index contributed by atoms with van der Waals surface area (Å²) in [4.78, 5) is 10.1. The Balaban J connectivity index is 2.57. The number of carboxylic acids is 1. The van der Waals surface area contributed by atoms with E-state index in [4.69, 9.17) is 5.11 Å². The third kappa shape index (κ3) is 4.12. The number of carbonyl (C=O) groups is 1. The number of halogens is 2. The number of benzene rings is 1. The molecule has 0 amide bonds. The van der Waals surface area contributed by atoms with E-state index in [1.807, 2.05) is 0 Å². The number of hydrogen-bond acceptors (Lipinski definition) is 2. The summed E-state index contributed by atoms with van der Waals surface area (Å²) in [6.07, 6.45) is 2.47. The lowest BCUT2D eigenvalue weighted by Crippen LogP contribution is -2.00. The van der Waals surface area contributed by atoms with Crippen molar-refractivity contribution in [2.24, 2.45) is 0 Å². The summed E-state index contributed by atoms with van der Waals surface area (Å²) < 4.78 is 13.5. The first-order valence-corrected chi connectivity index (χ1v) is 4.97. The molecule has 0 aliphatic heterocycles. The minimum Gasteiger partial charge on any atom is -0.478 e. The van der Waals surface area contributed by atoms with Crippen LogP contribution in [0, 0.1) is 5.82 Å². The van der Waals surface area contributed by atoms with Crippen LogP contribution in [0.1, 0.15) is 0 Å². The van der Waals surface area contributed by atoms with Crippen LogP contribution in [0.15, 0.2) is 34.8 Å². The molecule has 3 nitrogen and oxygen atoms in total. The van der Waals surface area contributed by atoms with Gasteiger partial charge in [0, 0.05) is 17.1 Å². The Morgan fingerprint density at radius 2 is 2.33 bits per heavy atom. The maximum absolute atomic E-state index is 12.8. The van der Waals surface area contributed by atoms with E-state index >= 15 is 0 Å². The van der Waals surface area contributed by atoms with Gasteiger partial charge in [-0.05, 0) is 34.1 Å². The molecule has 0 spiro atoms. The molecule has 80 valence electrons. The molecule has 0 fully saturated rings. The summed E-state index contributed by atoms with van der Waals surface area (Å²) in [6.45, 7) is 0.328. The van der Waals surface area contributed by atoms with E-state index in [1.54, 1.807) is 6.07 Å². The van der Waals surface area contributed by atoms with Gasteiger partial charge in [-0.1, -0.05) is 6.08 Å². The van der Waals surface area contributed by atoms with E-state index in [-0.39, 0.29) is 5.82 Å². The molecule has 0 heterocycles. The van der Waals surface area contributed by atoms with Crippen molar-refractivity contribution in [2.45, 2.75) is 0 Å². The molecule has 0 aromatic heterocycles. The average molecular weight is 274 g/mol. The van der Waals surface area contributed by atoms with E-state index in [9.17, 15) is 9.18 Å². The molecule has 5 heteroatoms. The van der Waals surface area contributed by atoms with Crippen molar-refractivity contribution in [3.63, 3.8) is 0 Å². The third-order valence-electron chi connectivity index (χ3n) is 1.60. The van der Waals surface area contributed by atoms with E-state index < -0.39 is 5.97 Å². The highest BCUT2D eigenvalue weighted by molar-refractivity contribution is 9.10. The predicted octanol–water partition coefficient (Wildman–Crippen LogP) is 2.64. The van der Waals surface area contributed by atoms with Crippen molar-refractivity contribution in [2.75, 3.05) is 11.9 Å². The molecule has 1 rings (SSSR count). The van der Waals surface area contributed by atoms with E-state index in [2.05, 4.69) is 21.2 Å². The number of nitrogens with one attached hydrogen (secondary N) is 1. The Morgan fingerprint density at radius 3 is 3.00 bits per heavy atom. The van der Waals surface area contributed by atoms with Crippen LogP contribution in [0.25, 0.3) is 0 Å². The van der Waals surface area contributed by atoms with Crippen molar-refractivity contribution in [3.05, 3.63) is 40.6 Å². The summed E-state index contributed by atoms with van der Waals surface area (Å²) in [5.74, 6) is -1.35. The van der Waals surface area contributed by atoms with Crippen LogP contribution in [0.5, 0.6) is 0 Å². The van der Waals surface area contributed by atoms with Gasteiger partial charge in [0.2, 0.25) is 0 Å². The molecule has 15 heavy (non-hydrogen) atoms. The highest BCUT2D eigenvalue weighted by Crippen LogP contribution is 2.22. The van der Waals surface area contributed by atoms with Gasteiger partial charge in [0.15, 0.2) is 0 Å². The molecular formula is C10H9BrFNO2. The first kappa shape index (κ1) is 11.7. The van der Waals surface area contributed by atoms with Crippen molar-refractivity contribution >= 4 is 27.6 Å². The van der Waals surface area contributed by atoms with Crippen LogP contribution >= 0.6 is 15.9 Å². The fourth-order valence-corrected chi connectivity index (χ4v) is 1.35. The monoisotopic (exact) mass is 273 g/mol. The molecule has 0 atom stereocenters. The lowest BCUT2D eigenvalue weighted by Gasteiger charge is -2.05. The van der Waals surface area contributed by atoms with Crippen LogP contribution in [-0.2, 0) is 4.79 Å². The van der Waals surface area contributed by atoms with Gasteiger partial charge < -0.3 is 10.4 Å². The Morgan fingerprint density at radius 1 is 1.60 bits per heavy atom. The van der Waals surface area contributed by atoms with E-state index in [1.165, 1.54) is 18.2 Å². The predicted molar refractivity (Wildman–Crippen MR) is 59.4 cm³/mol. The first-order valence-electron chi connectivity index (χ1n) is 4.18. The second-order valence-electron chi connectivity index (χ2n) is 2.75. The number of rotatable bonds is 4. The zero-order valence-corrected chi connectivity index (χ0v) is 9.29. The van der Waals surface area contributed by atoms with Gasteiger partial charge >= 0.3 is 5.97 Å². The van der Waals surface area contributed by atoms with Crippen LogP contribution in [0.3, 0.4) is 0 Å². The summed E-state index contributed by atoms with van der Waals surface area (Å²) in [6, 6.07) is 4.25. The minimum atomic E-state index is -1.00. The normalized spacial score (nSPS) is 10.5. The zero-order valence-electron chi connectivity index (χ0n) is 7.71. The molecule has 0 aliphatic carbocycles. The molecule has 0 saturated heterocycles. The molecule has 1 aromatic rings. The molecule has 1 aromatic carbocycles. The number of aliphatic carboxylic acids is 1. The van der Waals surface area contributed by atoms with Gasteiger partial charge in [-0.2, -0.15) is 0 Å². The fourth-order valence-electron chi connectivity index (χ4n) is 0.962. The van der Waals surface area contributed by atoms with Crippen molar-refractivity contribution in [3.8, 4) is 0 Å². The van der Waals surface area contributed by atoms with Gasteiger partial charge in [0.1, 0.15) is 5.82 Å². The molecule has 0 aliphatic rings. The lowest BCUT2D eigenvalue weighted by molar-refractivity contribution is -0.131. The highest BCUT2D eigenvalue weighted by Gasteiger charge is 1.99. The van der Waals surface area contributed by atoms with Gasteiger partial charge in [-0.25, -0.2) is 9.18 Å². The second-order valence-corrected chi connectivity index (χ2v) is 3.60. The van der Waals surface area contributed by atoms with Crippen molar-refractivity contribution in [1.82, 2.24) is 0 Å². The molecule has 2 N–H and O–H groups in total. The second kappa shape index (κ2) is 5.50. The van der Waals surface area contributed by atoms with Crippen molar-refractivity contribution < 1.29 is 14.3 Å². The maximum Gasteiger partial charge on any atom is 0.328 e. The van der Waals surface area contributed by atoms with Gasteiger partial charge in [0.05, 0.1) is 5.69 Å². The minimum absolute atomic E-state index is 0.328. The molecule has 0 bridgehead atoms. The molecular weight excluding hydrogens is 265 g/mol. The maximum atomic E-state index is 12.8. The largest absolute Gasteiger partial charge is 0.478 e. The summed E-state index contributed by atoms with van der Waals surface area (Å²) in [7, 11) is 0. The Hall–Kier alpha value is -1.36. The standard InChI is InChI=1S/C10H9BrFNO2/c11-8-4-3-7(12)6-9(8)13-5-1-2-10(14)15/h1-4,6,13H,5H2,(H,14,15)/b2-1+. The SMILES string of the molecule is O=C(O)/C=C/CNc1cc(F)ccc1Br. The van der Waals surface area contributed by atoms with E-state index in [0.29, 0.717) is 12.2 Å². The fraction of sp³-hybridized carbons (Fsp3) is 0.100. The smallest absolute Gasteiger partial charge is 0.328 e. The molecule has 0 radical (unpaired) electrons. The number of anilines is 1. The third-order valence-corrected chi connectivity index (χ3v) is 2.29. The summed E-state index contributed by atoms with van der Waals surface area (Å²) >= 11 is 3.24. The van der Waals surface area contributed by atoms with E-state index in [0.717, 1.165) is 10.5 Å². The van der Waals surface area contributed by atoms with Crippen LogP contribution in [0.4, 0.5) is 10.1 Å².